The van der Waals surface area contributed by atoms with Crippen LogP contribution in [0.3, 0.4) is 0 Å². The van der Waals surface area contributed by atoms with Crippen molar-refractivity contribution in [1.29, 1.82) is 0 Å². The molecule has 0 aliphatic rings. The van der Waals surface area contributed by atoms with E-state index in [2.05, 4.69) is 4.98 Å². The van der Waals surface area contributed by atoms with Crippen LogP contribution in [0.25, 0.3) is 0 Å². The lowest BCUT2D eigenvalue weighted by Gasteiger charge is -2.19. The van der Waals surface area contributed by atoms with Crippen LogP contribution in [0.5, 0.6) is 11.5 Å². The van der Waals surface area contributed by atoms with Gasteiger partial charge >= 0.3 is 0 Å². The fourth-order valence-electron chi connectivity index (χ4n) is 2.39. The Labute approximate surface area is 167 Å². The van der Waals surface area contributed by atoms with Crippen LogP contribution in [-0.4, -0.2) is 36.0 Å². The van der Waals surface area contributed by atoms with Gasteiger partial charge in [0.2, 0.25) is 0 Å². The number of carbonyl (C=O) groups excluding carboxylic acids is 1. The maximum atomic E-state index is 12.8. The zero-order chi connectivity index (χ0) is 19.1. The van der Waals surface area contributed by atoms with E-state index in [0.717, 1.165) is 5.69 Å². The van der Waals surface area contributed by atoms with Gasteiger partial charge in [0.05, 0.1) is 23.3 Å². The number of likely N-dealkylation sites (N-methyl/N-ethyl adjacent to an activating group) is 1. The average molecular weight is 403 g/mol. The first kappa shape index (κ1) is 19.2. The molecule has 0 spiro atoms. The highest BCUT2D eigenvalue weighted by atomic mass is 35.5. The average Bonchev–Trinajstić information content (AvgIpc) is 3.19. The predicted octanol–water partition coefficient (Wildman–Crippen LogP) is 4.53. The molecule has 0 saturated heterocycles. The number of rotatable bonds is 8. The zero-order valence-electron chi connectivity index (χ0n) is 14.8. The number of nitrogens with zero attached hydrogens (tertiary/aromatic N) is 2. The van der Waals surface area contributed by atoms with E-state index in [-0.39, 0.29) is 5.91 Å². The van der Waals surface area contributed by atoms with Crippen molar-refractivity contribution in [1.82, 2.24) is 9.88 Å². The lowest BCUT2D eigenvalue weighted by atomic mass is 10.2. The molecule has 27 heavy (non-hydrogen) atoms. The highest BCUT2D eigenvalue weighted by Crippen LogP contribution is 2.21. The standard InChI is InChI=1S/C20H19ClN2O3S/c1-23(9-10-25-17-6-4-5-15(21)11-17)20(24)18-7-2-3-8-19(18)26-12-16-13-27-14-22-16/h2-8,11,13-14H,9-10,12H2,1H3. The van der Waals surface area contributed by atoms with Crippen LogP contribution >= 0.6 is 22.9 Å². The zero-order valence-corrected chi connectivity index (χ0v) is 16.4. The smallest absolute Gasteiger partial charge is 0.257 e. The molecule has 1 heterocycles. The third-order valence-corrected chi connectivity index (χ3v) is 4.69. The summed E-state index contributed by atoms with van der Waals surface area (Å²) in [7, 11) is 1.74. The minimum absolute atomic E-state index is 0.126. The summed E-state index contributed by atoms with van der Waals surface area (Å²) in [5.74, 6) is 1.09. The van der Waals surface area contributed by atoms with Gasteiger partial charge in [0.25, 0.3) is 5.91 Å². The molecule has 0 radical (unpaired) electrons. The molecule has 3 rings (SSSR count). The van der Waals surface area contributed by atoms with E-state index in [1.165, 1.54) is 11.3 Å². The fourth-order valence-corrected chi connectivity index (χ4v) is 3.12. The Kier molecular flexibility index (Phi) is 6.68. The number of hydrogen-bond acceptors (Lipinski definition) is 5. The van der Waals surface area contributed by atoms with Gasteiger partial charge < -0.3 is 14.4 Å². The van der Waals surface area contributed by atoms with Gasteiger partial charge in [-0.25, -0.2) is 4.98 Å². The highest BCUT2D eigenvalue weighted by molar-refractivity contribution is 7.07. The Bertz CT molecular complexity index is 886. The second-order valence-corrected chi connectivity index (χ2v) is 6.95. The van der Waals surface area contributed by atoms with Gasteiger partial charge in [0, 0.05) is 17.5 Å². The summed E-state index contributed by atoms with van der Waals surface area (Å²) in [6, 6.07) is 14.4. The first-order valence-corrected chi connectivity index (χ1v) is 9.68. The van der Waals surface area contributed by atoms with Crippen LogP contribution in [0.4, 0.5) is 0 Å². The number of amides is 1. The minimum atomic E-state index is -0.126. The first-order valence-electron chi connectivity index (χ1n) is 8.36. The second kappa shape index (κ2) is 9.39. The summed E-state index contributed by atoms with van der Waals surface area (Å²) in [5, 5.41) is 2.53. The molecule has 7 heteroatoms. The molecule has 5 nitrogen and oxygen atoms in total. The van der Waals surface area contributed by atoms with E-state index in [0.29, 0.717) is 41.8 Å². The van der Waals surface area contributed by atoms with Crippen molar-refractivity contribution in [3.8, 4) is 11.5 Å². The molecule has 2 aromatic carbocycles. The maximum absolute atomic E-state index is 12.8. The van der Waals surface area contributed by atoms with Gasteiger partial charge in [-0.3, -0.25) is 4.79 Å². The number of para-hydroxylation sites is 1. The Hall–Kier alpha value is -2.57. The number of carbonyl (C=O) groups is 1. The second-order valence-electron chi connectivity index (χ2n) is 5.80. The minimum Gasteiger partial charge on any atom is -0.492 e. The van der Waals surface area contributed by atoms with Gasteiger partial charge in [-0.2, -0.15) is 0 Å². The van der Waals surface area contributed by atoms with E-state index in [1.807, 2.05) is 29.6 Å². The van der Waals surface area contributed by atoms with E-state index < -0.39 is 0 Å². The number of ether oxygens (including phenoxy) is 2. The molecular weight excluding hydrogens is 384 g/mol. The summed E-state index contributed by atoms with van der Waals surface area (Å²) in [4.78, 5) is 18.6. The predicted molar refractivity (Wildman–Crippen MR) is 107 cm³/mol. The van der Waals surface area contributed by atoms with Crippen molar-refractivity contribution in [2.75, 3.05) is 20.2 Å². The van der Waals surface area contributed by atoms with Crippen molar-refractivity contribution in [3.05, 3.63) is 75.7 Å². The van der Waals surface area contributed by atoms with E-state index >= 15 is 0 Å². The van der Waals surface area contributed by atoms with Crippen LogP contribution in [0.2, 0.25) is 5.02 Å². The summed E-state index contributed by atoms with van der Waals surface area (Å²) in [6.07, 6.45) is 0. The SMILES string of the molecule is CN(CCOc1cccc(Cl)c1)C(=O)c1ccccc1OCc1cscn1. The first-order chi connectivity index (χ1) is 13.1. The molecule has 3 aromatic rings. The number of benzene rings is 2. The molecule has 0 bridgehead atoms. The third-order valence-electron chi connectivity index (χ3n) is 3.81. The quantitative estimate of drug-likeness (QED) is 0.555. The molecule has 1 aromatic heterocycles. The van der Waals surface area contributed by atoms with Crippen LogP contribution in [0.1, 0.15) is 16.1 Å². The monoisotopic (exact) mass is 402 g/mol. The highest BCUT2D eigenvalue weighted by Gasteiger charge is 2.16. The summed E-state index contributed by atoms with van der Waals surface area (Å²) in [6.45, 7) is 1.13. The lowest BCUT2D eigenvalue weighted by molar-refractivity contribution is 0.0769. The Balaban J connectivity index is 1.57. The fraction of sp³-hybridized carbons (Fsp3) is 0.200. The van der Waals surface area contributed by atoms with Crippen molar-refractivity contribution in [3.63, 3.8) is 0 Å². The van der Waals surface area contributed by atoms with Crippen LogP contribution in [-0.2, 0) is 6.61 Å². The molecular formula is C20H19ClN2O3S. The van der Waals surface area contributed by atoms with Gasteiger partial charge in [-0.15, -0.1) is 11.3 Å². The van der Waals surface area contributed by atoms with Gasteiger partial charge in [0.1, 0.15) is 24.7 Å². The molecule has 0 aliphatic carbocycles. The van der Waals surface area contributed by atoms with Crippen LogP contribution in [0, 0.1) is 0 Å². The molecule has 0 N–H and O–H groups in total. The summed E-state index contributed by atoms with van der Waals surface area (Å²) >= 11 is 7.45. The summed E-state index contributed by atoms with van der Waals surface area (Å²) < 4.78 is 11.4. The molecule has 0 unspecified atom stereocenters. The van der Waals surface area contributed by atoms with Crippen LogP contribution in [0.15, 0.2) is 59.4 Å². The molecule has 140 valence electrons. The Morgan fingerprint density at radius 2 is 2.04 bits per heavy atom. The molecule has 0 fully saturated rings. The lowest BCUT2D eigenvalue weighted by Crippen LogP contribution is -2.31. The van der Waals surface area contributed by atoms with E-state index in [1.54, 1.807) is 41.7 Å². The van der Waals surface area contributed by atoms with Gasteiger partial charge in [-0.1, -0.05) is 29.8 Å². The van der Waals surface area contributed by atoms with Gasteiger partial charge in [0.15, 0.2) is 0 Å². The Morgan fingerprint density at radius 3 is 2.81 bits per heavy atom. The van der Waals surface area contributed by atoms with E-state index in [9.17, 15) is 4.79 Å². The largest absolute Gasteiger partial charge is 0.492 e. The normalized spacial score (nSPS) is 10.4. The molecule has 0 atom stereocenters. The van der Waals surface area contributed by atoms with Gasteiger partial charge in [-0.05, 0) is 30.3 Å². The van der Waals surface area contributed by atoms with Crippen LogP contribution < -0.4 is 9.47 Å². The topological polar surface area (TPSA) is 51.7 Å². The third kappa shape index (κ3) is 5.45. The summed E-state index contributed by atoms with van der Waals surface area (Å²) in [5.41, 5.74) is 3.10. The van der Waals surface area contributed by atoms with Crippen molar-refractivity contribution < 1.29 is 14.3 Å². The van der Waals surface area contributed by atoms with E-state index in [4.69, 9.17) is 21.1 Å². The number of thiazole rings is 1. The number of aromatic nitrogens is 1. The van der Waals surface area contributed by atoms with Crippen molar-refractivity contribution in [2.45, 2.75) is 6.61 Å². The maximum Gasteiger partial charge on any atom is 0.257 e. The molecule has 0 aliphatic heterocycles. The molecule has 0 saturated carbocycles. The number of hydrogen-bond donors (Lipinski definition) is 0. The Morgan fingerprint density at radius 1 is 1.19 bits per heavy atom. The molecule has 1 amide bonds. The van der Waals surface area contributed by atoms with Crippen molar-refractivity contribution in [2.24, 2.45) is 0 Å². The van der Waals surface area contributed by atoms with Crippen molar-refractivity contribution >= 4 is 28.8 Å². The number of halogens is 1.